The Kier molecular flexibility index (Phi) is 3.85. The van der Waals surface area contributed by atoms with Crippen molar-refractivity contribution >= 4 is 35.1 Å². The summed E-state index contributed by atoms with van der Waals surface area (Å²) < 4.78 is 11.0. The Balaban J connectivity index is 2.03. The fraction of sp³-hybridized carbons (Fsp3) is 0.118. The lowest BCUT2D eigenvalue weighted by Crippen LogP contribution is -1.98. The highest BCUT2D eigenvalue weighted by atomic mass is 35.5. The lowest BCUT2D eigenvalue weighted by molar-refractivity contribution is 0.101. The SMILES string of the molecule is COc1ccc2c(c1C)O/C(=C\c1ccc(Cl)cc1Cl)C2=O. The lowest BCUT2D eigenvalue weighted by atomic mass is 10.1. The number of ketones is 1. The lowest BCUT2D eigenvalue weighted by Gasteiger charge is -2.07. The molecule has 0 aliphatic carbocycles. The van der Waals surface area contributed by atoms with Crippen LogP contribution < -0.4 is 9.47 Å². The third-order valence-corrected chi connectivity index (χ3v) is 4.07. The molecule has 1 aliphatic rings. The van der Waals surface area contributed by atoms with Gasteiger partial charge in [-0.15, -0.1) is 0 Å². The van der Waals surface area contributed by atoms with Gasteiger partial charge in [-0.05, 0) is 42.8 Å². The topological polar surface area (TPSA) is 35.5 Å². The molecule has 0 bridgehead atoms. The molecule has 0 amide bonds. The van der Waals surface area contributed by atoms with Gasteiger partial charge in [0.25, 0.3) is 0 Å². The van der Waals surface area contributed by atoms with Gasteiger partial charge >= 0.3 is 0 Å². The first-order valence-corrected chi connectivity index (χ1v) is 7.33. The maximum atomic E-state index is 12.4. The molecule has 0 radical (unpaired) electrons. The summed E-state index contributed by atoms with van der Waals surface area (Å²) >= 11 is 12.0. The highest BCUT2D eigenvalue weighted by Gasteiger charge is 2.30. The third kappa shape index (κ3) is 2.47. The van der Waals surface area contributed by atoms with Gasteiger partial charge in [0.05, 0.1) is 12.7 Å². The molecule has 0 N–H and O–H groups in total. The van der Waals surface area contributed by atoms with Crippen molar-refractivity contribution in [3.05, 3.63) is 62.8 Å². The highest BCUT2D eigenvalue weighted by molar-refractivity contribution is 6.35. The van der Waals surface area contributed by atoms with Crippen LogP contribution >= 0.6 is 23.2 Å². The molecular weight excluding hydrogens is 323 g/mol. The summed E-state index contributed by atoms with van der Waals surface area (Å²) in [6.45, 7) is 1.85. The Morgan fingerprint density at radius 2 is 1.95 bits per heavy atom. The van der Waals surface area contributed by atoms with Crippen LogP contribution in [0, 0.1) is 6.92 Å². The van der Waals surface area contributed by atoms with E-state index in [1.807, 2.05) is 6.92 Å². The van der Waals surface area contributed by atoms with Gasteiger partial charge in [0, 0.05) is 15.6 Å². The molecule has 0 fully saturated rings. The minimum atomic E-state index is -0.174. The van der Waals surface area contributed by atoms with Crippen molar-refractivity contribution in [1.29, 1.82) is 0 Å². The minimum Gasteiger partial charge on any atom is -0.496 e. The van der Waals surface area contributed by atoms with Crippen LogP contribution in [0.2, 0.25) is 10.0 Å². The quantitative estimate of drug-likeness (QED) is 0.730. The smallest absolute Gasteiger partial charge is 0.231 e. The second-order valence-electron chi connectivity index (χ2n) is 4.88. The Bertz CT molecular complexity index is 810. The van der Waals surface area contributed by atoms with E-state index in [-0.39, 0.29) is 11.5 Å². The zero-order valence-electron chi connectivity index (χ0n) is 11.9. The number of benzene rings is 2. The first-order valence-electron chi connectivity index (χ1n) is 6.58. The summed E-state index contributed by atoms with van der Waals surface area (Å²) in [6.07, 6.45) is 1.62. The molecule has 0 saturated carbocycles. The van der Waals surface area contributed by atoms with Gasteiger partial charge in [-0.2, -0.15) is 0 Å². The Morgan fingerprint density at radius 1 is 1.18 bits per heavy atom. The molecule has 22 heavy (non-hydrogen) atoms. The largest absolute Gasteiger partial charge is 0.496 e. The number of Topliss-reactive ketones (excluding diaryl/α,β-unsaturated/α-hetero) is 1. The average molecular weight is 335 g/mol. The molecule has 3 nitrogen and oxygen atoms in total. The maximum Gasteiger partial charge on any atom is 0.231 e. The van der Waals surface area contributed by atoms with Crippen LogP contribution in [0.4, 0.5) is 0 Å². The first kappa shape index (κ1) is 14.9. The van der Waals surface area contributed by atoms with Crippen LogP contribution in [0.1, 0.15) is 21.5 Å². The zero-order chi connectivity index (χ0) is 15.9. The molecule has 1 aliphatic heterocycles. The number of halogens is 2. The van der Waals surface area contributed by atoms with Crippen molar-refractivity contribution < 1.29 is 14.3 Å². The van der Waals surface area contributed by atoms with E-state index in [0.717, 1.165) is 5.56 Å². The normalized spacial score (nSPS) is 14.9. The van der Waals surface area contributed by atoms with Crippen LogP contribution in [0.3, 0.4) is 0 Å². The van der Waals surface area contributed by atoms with Crippen molar-refractivity contribution in [2.24, 2.45) is 0 Å². The van der Waals surface area contributed by atoms with Crippen LogP contribution in [0.15, 0.2) is 36.1 Å². The molecule has 0 atom stereocenters. The van der Waals surface area contributed by atoms with Crippen LogP contribution in [-0.4, -0.2) is 12.9 Å². The van der Waals surface area contributed by atoms with Crippen molar-refractivity contribution in [2.45, 2.75) is 6.92 Å². The van der Waals surface area contributed by atoms with Crippen molar-refractivity contribution in [2.75, 3.05) is 7.11 Å². The summed E-state index contributed by atoms with van der Waals surface area (Å²) in [5.74, 6) is 1.26. The van der Waals surface area contributed by atoms with Gasteiger partial charge < -0.3 is 9.47 Å². The predicted molar refractivity (Wildman–Crippen MR) is 87.1 cm³/mol. The second kappa shape index (κ2) is 5.67. The molecule has 0 aromatic heterocycles. The fourth-order valence-electron chi connectivity index (χ4n) is 2.35. The molecule has 3 rings (SSSR count). The van der Waals surface area contributed by atoms with E-state index in [1.54, 1.807) is 43.5 Å². The number of fused-ring (bicyclic) bond motifs is 1. The van der Waals surface area contributed by atoms with Crippen LogP contribution in [0.5, 0.6) is 11.5 Å². The van der Waals surface area contributed by atoms with E-state index in [1.165, 1.54) is 0 Å². The first-order chi connectivity index (χ1) is 10.5. The van der Waals surface area contributed by atoms with Gasteiger partial charge in [-0.3, -0.25) is 4.79 Å². The summed E-state index contributed by atoms with van der Waals surface area (Å²) in [5, 5.41) is 0.997. The highest BCUT2D eigenvalue weighted by Crippen LogP contribution is 2.39. The van der Waals surface area contributed by atoms with Gasteiger partial charge in [0.1, 0.15) is 11.5 Å². The van der Waals surface area contributed by atoms with Gasteiger partial charge in [0.15, 0.2) is 5.76 Å². The van der Waals surface area contributed by atoms with E-state index in [4.69, 9.17) is 32.7 Å². The molecule has 1 heterocycles. The Labute approximate surface area is 138 Å². The molecule has 0 saturated heterocycles. The van der Waals surface area contributed by atoms with E-state index in [9.17, 15) is 4.79 Å². The Hall–Kier alpha value is -1.97. The summed E-state index contributed by atoms with van der Waals surface area (Å²) in [7, 11) is 1.58. The number of carbonyl (C=O) groups excluding carboxylic acids is 1. The van der Waals surface area contributed by atoms with Crippen molar-refractivity contribution in [1.82, 2.24) is 0 Å². The molecule has 2 aromatic rings. The predicted octanol–water partition coefficient (Wildman–Crippen LogP) is 4.93. The third-order valence-electron chi connectivity index (χ3n) is 3.51. The monoisotopic (exact) mass is 334 g/mol. The van der Waals surface area contributed by atoms with Crippen LogP contribution in [-0.2, 0) is 0 Å². The summed E-state index contributed by atoms with van der Waals surface area (Å²) in [5.41, 5.74) is 1.99. The molecule has 0 unspecified atom stereocenters. The average Bonchev–Trinajstić information content (AvgIpc) is 2.80. The zero-order valence-corrected chi connectivity index (χ0v) is 13.5. The number of methoxy groups -OCH3 is 1. The summed E-state index contributed by atoms with van der Waals surface area (Å²) in [6, 6.07) is 8.53. The molecule has 0 spiro atoms. The van der Waals surface area contributed by atoms with Gasteiger partial charge in [0.2, 0.25) is 5.78 Å². The molecule has 5 heteroatoms. The number of hydrogen-bond acceptors (Lipinski definition) is 3. The van der Waals surface area contributed by atoms with Crippen LogP contribution in [0.25, 0.3) is 6.08 Å². The van der Waals surface area contributed by atoms with Gasteiger partial charge in [-0.1, -0.05) is 29.3 Å². The summed E-state index contributed by atoms with van der Waals surface area (Å²) in [4.78, 5) is 12.4. The molecule has 112 valence electrons. The number of rotatable bonds is 2. The van der Waals surface area contributed by atoms with Gasteiger partial charge in [-0.25, -0.2) is 0 Å². The van der Waals surface area contributed by atoms with Crippen molar-refractivity contribution in [3.8, 4) is 11.5 Å². The second-order valence-corrected chi connectivity index (χ2v) is 5.72. The van der Waals surface area contributed by atoms with Crippen molar-refractivity contribution in [3.63, 3.8) is 0 Å². The minimum absolute atomic E-state index is 0.174. The maximum absolute atomic E-state index is 12.4. The molecular formula is C17H12Cl2O3. The Morgan fingerprint density at radius 3 is 2.64 bits per heavy atom. The standard InChI is InChI=1S/C17H12Cl2O3/c1-9-14(21-2)6-5-12-16(20)15(22-17(9)12)7-10-3-4-11(18)8-13(10)19/h3-8H,1-2H3/b15-7-. The van der Waals surface area contributed by atoms with E-state index < -0.39 is 0 Å². The number of carbonyl (C=O) groups is 1. The molecule has 2 aromatic carbocycles. The van der Waals surface area contributed by atoms with E-state index in [2.05, 4.69) is 0 Å². The van der Waals surface area contributed by atoms with E-state index in [0.29, 0.717) is 32.7 Å². The number of hydrogen-bond donors (Lipinski definition) is 0. The number of ether oxygens (including phenoxy) is 2. The van der Waals surface area contributed by atoms with E-state index >= 15 is 0 Å². The number of allylic oxidation sites excluding steroid dienone is 1. The fourth-order valence-corrected chi connectivity index (χ4v) is 2.81.